The highest BCUT2D eigenvalue weighted by Crippen LogP contribution is 2.24. The van der Waals surface area contributed by atoms with Gasteiger partial charge in [0.15, 0.2) is 0 Å². The van der Waals surface area contributed by atoms with Gasteiger partial charge in [-0.25, -0.2) is 0 Å². The summed E-state index contributed by atoms with van der Waals surface area (Å²) in [6.07, 6.45) is 6.57. The van der Waals surface area contributed by atoms with Crippen molar-refractivity contribution >= 4 is 5.91 Å². The van der Waals surface area contributed by atoms with Crippen molar-refractivity contribution in [2.75, 3.05) is 13.1 Å². The van der Waals surface area contributed by atoms with Crippen molar-refractivity contribution in [1.29, 1.82) is 0 Å². The summed E-state index contributed by atoms with van der Waals surface area (Å²) in [6.45, 7) is 3.74. The second-order valence-electron chi connectivity index (χ2n) is 5.19. The van der Waals surface area contributed by atoms with Gasteiger partial charge < -0.3 is 10.6 Å². The quantitative estimate of drug-likeness (QED) is 0.819. The normalized spacial score (nSPS) is 22.4. The zero-order valence-corrected chi connectivity index (χ0v) is 11.6. The number of aromatic nitrogens is 1. The molecule has 1 saturated heterocycles. The van der Waals surface area contributed by atoms with Crippen LogP contribution in [0, 0.1) is 0 Å². The van der Waals surface area contributed by atoms with Gasteiger partial charge in [-0.05, 0) is 37.9 Å². The third kappa shape index (κ3) is 3.53. The van der Waals surface area contributed by atoms with E-state index in [0.29, 0.717) is 6.54 Å². The van der Waals surface area contributed by atoms with Gasteiger partial charge in [-0.3, -0.25) is 9.78 Å². The van der Waals surface area contributed by atoms with E-state index < -0.39 is 0 Å². The molecule has 104 valence electrons. The van der Waals surface area contributed by atoms with Crippen LogP contribution >= 0.6 is 0 Å². The zero-order valence-electron chi connectivity index (χ0n) is 11.6. The van der Waals surface area contributed by atoms with E-state index in [-0.39, 0.29) is 11.4 Å². The summed E-state index contributed by atoms with van der Waals surface area (Å²) in [5, 5.41) is 6.45. The molecule has 1 unspecified atom stereocenters. The lowest BCUT2D eigenvalue weighted by molar-refractivity contribution is -0.127. The molecule has 1 atom stereocenters. The Balaban J connectivity index is 1.83. The van der Waals surface area contributed by atoms with Gasteiger partial charge in [-0.2, -0.15) is 0 Å². The van der Waals surface area contributed by atoms with Crippen molar-refractivity contribution in [2.45, 2.75) is 44.6 Å². The Hall–Kier alpha value is -1.42. The van der Waals surface area contributed by atoms with Crippen molar-refractivity contribution in [3.8, 4) is 0 Å². The lowest BCUT2D eigenvalue weighted by Gasteiger charge is -2.27. The molecule has 0 spiro atoms. The summed E-state index contributed by atoms with van der Waals surface area (Å²) in [4.78, 5) is 16.6. The van der Waals surface area contributed by atoms with E-state index in [9.17, 15) is 4.79 Å². The van der Waals surface area contributed by atoms with Gasteiger partial charge in [0, 0.05) is 24.9 Å². The van der Waals surface area contributed by atoms with E-state index in [1.807, 2.05) is 18.2 Å². The molecule has 0 aromatic carbocycles. The average Bonchev–Trinajstić information content (AvgIpc) is 2.90. The van der Waals surface area contributed by atoms with E-state index in [2.05, 4.69) is 22.5 Å². The number of rotatable bonds is 6. The first kappa shape index (κ1) is 14.0. The molecule has 1 aliphatic heterocycles. The molecule has 4 nitrogen and oxygen atoms in total. The molecule has 19 heavy (non-hydrogen) atoms. The second-order valence-corrected chi connectivity index (χ2v) is 5.19. The Bertz CT molecular complexity index is 399. The summed E-state index contributed by atoms with van der Waals surface area (Å²) < 4.78 is 0. The number of carbonyl (C=O) groups is 1. The first-order chi connectivity index (χ1) is 9.27. The van der Waals surface area contributed by atoms with Crippen molar-refractivity contribution < 1.29 is 4.79 Å². The molecule has 1 amide bonds. The Labute approximate surface area is 115 Å². The molecule has 0 bridgehead atoms. The van der Waals surface area contributed by atoms with Crippen LogP contribution in [0.3, 0.4) is 0 Å². The molecule has 0 radical (unpaired) electrons. The van der Waals surface area contributed by atoms with Crippen LogP contribution < -0.4 is 10.6 Å². The van der Waals surface area contributed by atoms with Crippen LogP contribution in [0.5, 0.6) is 0 Å². The molecule has 0 aliphatic carbocycles. The summed E-state index contributed by atoms with van der Waals surface area (Å²) >= 11 is 0. The second kappa shape index (κ2) is 6.66. The Morgan fingerprint density at radius 1 is 1.53 bits per heavy atom. The van der Waals surface area contributed by atoms with Crippen LogP contribution in [0.4, 0.5) is 0 Å². The first-order valence-electron chi connectivity index (χ1n) is 7.20. The maximum Gasteiger partial charge on any atom is 0.240 e. The highest BCUT2D eigenvalue weighted by atomic mass is 16.2. The van der Waals surface area contributed by atoms with Crippen molar-refractivity contribution in [2.24, 2.45) is 0 Å². The number of nitrogens with one attached hydrogen (secondary N) is 2. The zero-order chi connectivity index (χ0) is 13.6. The van der Waals surface area contributed by atoms with Crippen molar-refractivity contribution in [3.63, 3.8) is 0 Å². The van der Waals surface area contributed by atoms with Crippen LogP contribution in [0.15, 0.2) is 24.4 Å². The van der Waals surface area contributed by atoms with Gasteiger partial charge in [-0.15, -0.1) is 0 Å². The topological polar surface area (TPSA) is 54.0 Å². The number of nitrogens with zero attached hydrogens (tertiary/aromatic N) is 1. The van der Waals surface area contributed by atoms with Gasteiger partial charge in [0.25, 0.3) is 0 Å². The highest BCUT2D eigenvalue weighted by Gasteiger charge is 2.39. The smallest absolute Gasteiger partial charge is 0.240 e. The van der Waals surface area contributed by atoms with Gasteiger partial charge in [0.05, 0.1) is 5.54 Å². The predicted molar refractivity (Wildman–Crippen MR) is 75.8 cm³/mol. The van der Waals surface area contributed by atoms with Crippen LogP contribution in [-0.4, -0.2) is 29.5 Å². The fourth-order valence-corrected chi connectivity index (χ4v) is 2.77. The molecule has 1 fully saturated rings. The van der Waals surface area contributed by atoms with Crippen molar-refractivity contribution in [3.05, 3.63) is 30.1 Å². The summed E-state index contributed by atoms with van der Waals surface area (Å²) in [5.41, 5.74) is 0.700. The number of carbonyl (C=O) groups excluding carboxylic acids is 1. The van der Waals surface area contributed by atoms with Crippen LogP contribution in [0.1, 0.15) is 38.3 Å². The van der Waals surface area contributed by atoms with E-state index in [1.54, 1.807) is 6.20 Å². The maximum atomic E-state index is 12.4. The Morgan fingerprint density at radius 2 is 2.42 bits per heavy atom. The molecule has 4 heteroatoms. The number of hydrogen-bond donors (Lipinski definition) is 2. The molecule has 0 saturated carbocycles. The molecular formula is C15H23N3O. The Kier molecular flexibility index (Phi) is 4.91. The van der Waals surface area contributed by atoms with Crippen LogP contribution in [0.25, 0.3) is 0 Å². The third-order valence-electron chi connectivity index (χ3n) is 3.75. The maximum absolute atomic E-state index is 12.4. The summed E-state index contributed by atoms with van der Waals surface area (Å²) in [7, 11) is 0. The Morgan fingerprint density at radius 3 is 3.05 bits per heavy atom. The third-order valence-corrected chi connectivity index (χ3v) is 3.75. The van der Waals surface area contributed by atoms with E-state index in [0.717, 1.165) is 44.3 Å². The lowest BCUT2D eigenvalue weighted by atomic mass is 9.91. The minimum Gasteiger partial charge on any atom is -0.354 e. The molecular weight excluding hydrogens is 238 g/mol. The predicted octanol–water partition coefficient (Wildman–Crippen LogP) is 1.66. The molecule has 2 N–H and O–H groups in total. The first-order valence-corrected chi connectivity index (χ1v) is 7.20. The molecule has 1 aromatic heterocycles. The molecule has 2 heterocycles. The van der Waals surface area contributed by atoms with Gasteiger partial charge in [0.1, 0.15) is 0 Å². The number of hydrogen-bond acceptors (Lipinski definition) is 3. The fourth-order valence-electron chi connectivity index (χ4n) is 2.77. The fraction of sp³-hybridized carbons (Fsp3) is 0.600. The minimum atomic E-state index is -0.321. The standard InChI is InChI=1S/C15H23N3O/c1-2-8-15(9-5-11-18-15)14(19)17-12-7-13-6-3-4-10-16-13/h3-4,6,10,18H,2,5,7-9,11-12H2,1H3,(H,17,19). The monoisotopic (exact) mass is 261 g/mol. The number of amides is 1. The summed E-state index contributed by atoms with van der Waals surface area (Å²) in [5.74, 6) is 0.155. The number of pyridine rings is 1. The molecule has 1 aliphatic rings. The van der Waals surface area contributed by atoms with Crippen molar-refractivity contribution in [1.82, 2.24) is 15.6 Å². The van der Waals surface area contributed by atoms with Gasteiger partial charge in [-0.1, -0.05) is 19.4 Å². The van der Waals surface area contributed by atoms with E-state index >= 15 is 0 Å². The molecule has 1 aromatic rings. The lowest BCUT2D eigenvalue weighted by Crippen LogP contribution is -2.53. The van der Waals surface area contributed by atoms with E-state index in [4.69, 9.17) is 0 Å². The van der Waals surface area contributed by atoms with Crippen LogP contribution in [0.2, 0.25) is 0 Å². The average molecular weight is 261 g/mol. The van der Waals surface area contributed by atoms with Crippen LogP contribution in [-0.2, 0) is 11.2 Å². The van der Waals surface area contributed by atoms with Gasteiger partial charge >= 0.3 is 0 Å². The molecule has 2 rings (SSSR count). The largest absolute Gasteiger partial charge is 0.354 e. The van der Waals surface area contributed by atoms with Gasteiger partial charge in [0.2, 0.25) is 5.91 Å². The minimum absolute atomic E-state index is 0.155. The SMILES string of the molecule is CCCC1(C(=O)NCCc2ccccn2)CCCN1. The summed E-state index contributed by atoms with van der Waals surface area (Å²) in [6, 6.07) is 5.86. The van der Waals surface area contributed by atoms with E-state index in [1.165, 1.54) is 0 Å². The highest BCUT2D eigenvalue weighted by molar-refractivity contribution is 5.86.